The molecule has 0 spiro atoms. The lowest BCUT2D eigenvalue weighted by molar-refractivity contribution is -0.384. The van der Waals surface area contributed by atoms with Crippen LogP contribution in [0.1, 0.15) is 32.0 Å². The Balaban J connectivity index is 3.10. The lowest BCUT2D eigenvalue weighted by Gasteiger charge is -2.21. The average molecular weight is 269 g/mol. The Hall–Kier alpha value is -1.63. The SMILES string of the molecule is CNCCCN(C)c1c([N+](=O)[O-])c(C)nn1C(C)C. The first kappa shape index (κ1) is 15.4. The molecular formula is C12H23N5O2. The Labute approximate surface area is 113 Å². The fraction of sp³-hybridized carbons (Fsp3) is 0.750. The third-order valence-corrected chi connectivity index (χ3v) is 2.98. The van der Waals surface area contributed by atoms with Crippen molar-refractivity contribution >= 4 is 11.5 Å². The van der Waals surface area contributed by atoms with E-state index in [9.17, 15) is 10.1 Å². The smallest absolute Gasteiger partial charge is 0.333 e. The quantitative estimate of drug-likeness (QED) is 0.463. The third kappa shape index (κ3) is 3.44. The summed E-state index contributed by atoms with van der Waals surface area (Å²) in [5.74, 6) is 0.591. The molecule has 0 unspecified atom stereocenters. The van der Waals surface area contributed by atoms with Crippen molar-refractivity contribution in [3.05, 3.63) is 15.8 Å². The van der Waals surface area contributed by atoms with Gasteiger partial charge in [-0.1, -0.05) is 0 Å². The second-order valence-corrected chi connectivity index (χ2v) is 4.93. The maximum atomic E-state index is 11.2. The van der Waals surface area contributed by atoms with Gasteiger partial charge in [-0.15, -0.1) is 0 Å². The maximum absolute atomic E-state index is 11.2. The number of anilines is 1. The summed E-state index contributed by atoms with van der Waals surface area (Å²) in [6, 6.07) is 0.0918. The Morgan fingerprint density at radius 1 is 1.53 bits per heavy atom. The van der Waals surface area contributed by atoms with Crippen LogP contribution in [0.4, 0.5) is 11.5 Å². The summed E-state index contributed by atoms with van der Waals surface area (Å²) < 4.78 is 1.73. The normalized spacial score (nSPS) is 11.1. The lowest BCUT2D eigenvalue weighted by Crippen LogP contribution is -2.26. The van der Waals surface area contributed by atoms with Gasteiger partial charge in [0.2, 0.25) is 5.82 Å². The van der Waals surface area contributed by atoms with E-state index in [0.29, 0.717) is 11.5 Å². The fourth-order valence-electron chi connectivity index (χ4n) is 2.06. The van der Waals surface area contributed by atoms with Crippen LogP contribution in [0.25, 0.3) is 0 Å². The van der Waals surface area contributed by atoms with Crippen LogP contribution in [-0.2, 0) is 0 Å². The summed E-state index contributed by atoms with van der Waals surface area (Å²) in [5, 5.41) is 18.6. The minimum Gasteiger partial charge on any atom is -0.354 e. The van der Waals surface area contributed by atoms with Crippen molar-refractivity contribution in [2.45, 2.75) is 33.2 Å². The van der Waals surface area contributed by atoms with Crippen molar-refractivity contribution in [3.8, 4) is 0 Å². The lowest BCUT2D eigenvalue weighted by atomic mass is 10.3. The molecule has 1 rings (SSSR count). The molecule has 0 amide bonds. The first-order valence-corrected chi connectivity index (χ1v) is 6.49. The van der Waals surface area contributed by atoms with E-state index in [4.69, 9.17) is 0 Å². The molecule has 0 aliphatic heterocycles. The van der Waals surface area contributed by atoms with Crippen LogP contribution in [0.3, 0.4) is 0 Å². The van der Waals surface area contributed by atoms with Crippen LogP contribution in [-0.4, -0.2) is 41.9 Å². The van der Waals surface area contributed by atoms with Crippen LogP contribution in [0.5, 0.6) is 0 Å². The van der Waals surface area contributed by atoms with Gasteiger partial charge in [0.1, 0.15) is 5.69 Å². The van der Waals surface area contributed by atoms with Gasteiger partial charge < -0.3 is 10.2 Å². The van der Waals surface area contributed by atoms with Gasteiger partial charge in [-0.25, -0.2) is 4.68 Å². The second kappa shape index (κ2) is 6.51. The van der Waals surface area contributed by atoms with Crippen molar-refractivity contribution in [2.75, 3.05) is 32.1 Å². The molecule has 19 heavy (non-hydrogen) atoms. The molecule has 0 aliphatic carbocycles. The maximum Gasteiger partial charge on any atom is 0.333 e. The monoisotopic (exact) mass is 269 g/mol. The highest BCUT2D eigenvalue weighted by Crippen LogP contribution is 2.33. The number of rotatable bonds is 7. The standard InChI is InChI=1S/C12H23N5O2/c1-9(2)16-12(15(5)8-6-7-13-4)11(17(18)19)10(3)14-16/h9,13H,6-8H2,1-5H3. The van der Waals surface area contributed by atoms with Gasteiger partial charge in [-0.3, -0.25) is 10.1 Å². The highest BCUT2D eigenvalue weighted by molar-refractivity contribution is 5.61. The summed E-state index contributed by atoms with van der Waals surface area (Å²) in [5.41, 5.74) is 0.579. The molecule has 0 atom stereocenters. The van der Waals surface area contributed by atoms with Crippen LogP contribution in [0, 0.1) is 17.0 Å². The highest BCUT2D eigenvalue weighted by atomic mass is 16.6. The first-order valence-electron chi connectivity index (χ1n) is 6.49. The van der Waals surface area contributed by atoms with Gasteiger partial charge in [0.05, 0.1) is 4.92 Å². The molecule has 0 aromatic carbocycles. The Morgan fingerprint density at radius 3 is 2.63 bits per heavy atom. The predicted molar refractivity (Wildman–Crippen MR) is 75.8 cm³/mol. The van der Waals surface area contributed by atoms with E-state index in [-0.39, 0.29) is 16.7 Å². The van der Waals surface area contributed by atoms with Gasteiger partial charge in [-0.05, 0) is 40.8 Å². The van der Waals surface area contributed by atoms with Crippen molar-refractivity contribution in [2.24, 2.45) is 0 Å². The Morgan fingerprint density at radius 2 is 2.16 bits per heavy atom. The molecule has 0 radical (unpaired) electrons. The van der Waals surface area contributed by atoms with Crippen molar-refractivity contribution in [1.29, 1.82) is 0 Å². The van der Waals surface area contributed by atoms with E-state index < -0.39 is 0 Å². The summed E-state index contributed by atoms with van der Waals surface area (Å²) in [6.07, 6.45) is 0.923. The summed E-state index contributed by atoms with van der Waals surface area (Å²) in [7, 11) is 3.77. The van der Waals surface area contributed by atoms with Crippen LogP contribution in [0.15, 0.2) is 0 Å². The molecule has 1 N–H and O–H groups in total. The summed E-state index contributed by atoms with van der Waals surface area (Å²) >= 11 is 0. The summed E-state index contributed by atoms with van der Waals surface area (Å²) in [4.78, 5) is 12.8. The van der Waals surface area contributed by atoms with Crippen LogP contribution < -0.4 is 10.2 Å². The van der Waals surface area contributed by atoms with Crippen molar-refractivity contribution in [3.63, 3.8) is 0 Å². The Bertz CT molecular complexity index is 442. The van der Waals surface area contributed by atoms with Gasteiger partial charge in [0, 0.05) is 19.6 Å². The average Bonchev–Trinajstić information content (AvgIpc) is 2.67. The molecule has 7 heteroatoms. The van der Waals surface area contributed by atoms with Gasteiger partial charge in [0.15, 0.2) is 0 Å². The van der Waals surface area contributed by atoms with E-state index in [2.05, 4.69) is 10.4 Å². The van der Waals surface area contributed by atoms with E-state index in [1.807, 2.05) is 32.8 Å². The molecule has 1 aromatic heterocycles. The molecule has 108 valence electrons. The van der Waals surface area contributed by atoms with E-state index >= 15 is 0 Å². The molecule has 0 fully saturated rings. The van der Waals surface area contributed by atoms with E-state index in [1.165, 1.54) is 0 Å². The number of hydrogen-bond acceptors (Lipinski definition) is 5. The number of nitrogens with zero attached hydrogens (tertiary/aromatic N) is 4. The molecule has 1 aromatic rings. The number of aryl methyl sites for hydroxylation is 1. The number of aromatic nitrogens is 2. The minimum atomic E-state index is -0.342. The zero-order valence-electron chi connectivity index (χ0n) is 12.3. The first-order chi connectivity index (χ1) is 8.90. The molecular weight excluding hydrogens is 246 g/mol. The molecule has 7 nitrogen and oxygen atoms in total. The number of hydrogen-bond donors (Lipinski definition) is 1. The molecule has 0 saturated carbocycles. The zero-order valence-corrected chi connectivity index (χ0v) is 12.3. The van der Waals surface area contributed by atoms with Gasteiger partial charge in [-0.2, -0.15) is 5.10 Å². The predicted octanol–water partition coefficient (Wildman–Crippen LogP) is 1.73. The van der Waals surface area contributed by atoms with Crippen molar-refractivity contribution in [1.82, 2.24) is 15.1 Å². The minimum absolute atomic E-state index is 0.0918. The third-order valence-electron chi connectivity index (χ3n) is 2.98. The van der Waals surface area contributed by atoms with Gasteiger partial charge >= 0.3 is 5.69 Å². The number of nitrogens with one attached hydrogen (secondary N) is 1. The van der Waals surface area contributed by atoms with Crippen molar-refractivity contribution < 1.29 is 4.92 Å². The van der Waals surface area contributed by atoms with Crippen LogP contribution >= 0.6 is 0 Å². The molecule has 1 heterocycles. The second-order valence-electron chi connectivity index (χ2n) is 4.93. The van der Waals surface area contributed by atoms with Crippen LogP contribution in [0.2, 0.25) is 0 Å². The van der Waals surface area contributed by atoms with E-state index in [1.54, 1.807) is 11.6 Å². The largest absolute Gasteiger partial charge is 0.354 e. The molecule has 0 aliphatic rings. The fourth-order valence-corrected chi connectivity index (χ4v) is 2.06. The summed E-state index contributed by atoms with van der Waals surface area (Å²) in [6.45, 7) is 7.26. The number of nitro groups is 1. The van der Waals surface area contributed by atoms with Gasteiger partial charge in [0.25, 0.3) is 0 Å². The van der Waals surface area contributed by atoms with E-state index in [0.717, 1.165) is 19.5 Å². The molecule has 0 bridgehead atoms. The Kier molecular flexibility index (Phi) is 5.29. The topological polar surface area (TPSA) is 76.2 Å². The highest BCUT2D eigenvalue weighted by Gasteiger charge is 2.28. The molecule has 0 saturated heterocycles. The zero-order chi connectivity index (χ0) is 14.6.